The average Bonchev–Trinajstić information content (AvgIpc) is 2.44. The Kier molecular flexibility index (Phi) is 15.3. The quantitative estimate of drug-likeness (QED) is 0.592. The summed E-state index contributed by atoms with van der Waals surface area (Å²) in [6.45, 7) is 9.10. The van der Waals surface area contributed by atoms with Crippen LogP contribution < -0.4 is 0 Å². The predicted molar refractivity (Wildman–Crippen MR) is 80.3 cm³/mol. The molecule has 0 heterocycles. The summed E-state index contributed by atoms with van der Waals surface area (Å²) in [5, 5.41) is 0. The van der Waals surface area contributed by atoms with Crippen LogP contribution >= 0.6 is 0 Å². The first-order valence-corrected chi connectivity index (χ1v) is 6.72. The molecule has 20 heavy (non-hydrogen) atoms. The standard InChI is InChI=1S/C10H11.C7H13O2.Cr/c1-2-3-7-10-8-5-4-6-9-10;1-4-7(5-2)9-6(3)8;/h4-9H,2H2,1H3;7H,1,4-5H2,2-3H3;/q2*-1;+2. The number of esters is 1. The molecule has 0 bridgehead atoms. The second-order valence-electron chi connectivity index (χ2n) is 4.04. The Morgan fingerprint density at radius 2 is 1.95 bits per heavy atom. The first-order valence-electron chi connectivity index (χ1n) is 6.72. The molecule has 1 unspecified atom stereocenters. The molecule has 0 fully saturated rings. The first-order chi connectivity index (χ1) is 9.13. The van der Waals surface area contributed by atoms with Gasteiger partial charge >= 0.3 is 23.3 Å². The Hall–Kier alpha value is -1.04. The van der Waals surface area contributed by atoms with Gasteiger partial charge in [0.25, 0.3) is 0 Å². The Morgan fingerprint density at radius 3 is 2.30 bits per heavy atom. The number of benzene rings is 1. The van der Waals surface area contributed by atoms with Crippen LogP contribution in [0.3, 0.4) is 0 Å². The van der Waals surface area contributed by atoms with Gasteiger partial charge in [0.15, 0.2) is 0 Å². The van der Waals surface area contributed by atoms with Crippen molar-refractivity contribution in [2.75, 3.05) is 0 Å². The van der Waals surface area contributed by atoms with E-state index in [4.69, 9.17) is 4.74 Å². The third-order valence-corrected chi connectivity index (χ3v) is 2.38. The molecule has 3 heteroatoms. The number of rotatable bonds is 5. The molecular weight excluding hydrogens is 288 g/mol. The summed E-state index contributed by atoms with van der Waals surface area (Å²) in [7, 11) is 0. The third-order valence-electron chi connectivity index (χ3n) is 2.38. The summed E-state index contributed by atoms with van der Waals surface area (Å²) in [6, 6.07) is 10.2. The number of carbonyl (C=O) groups excluding carboxylic acids is 1. The van der Waals surface area contributed by atoms with Crippen molar-refractivity contribution in [1.29, 1.82) is 0 Å². The molecule has 1 aromatic rings. The summed E-state index contributed by atoms with van der Waals surface area (Å²) < 4.78 is 4.85. The number of hydrogen-bond donors (Lipinski definition) is 0. The van der Waals surface area contributed by atoms with E-state index in [2.05, 4.69) is 32.1 Å². The molecular formula is C17H24CrO2. The molecule has 0 aromatic heterocycles. The van der Waals surface area contributed by atoms with Crippen molar-refractivity contribution in [3.8, 4) is 0 Å². The van der Waals surface area contributed by atoms with Gasteiger partial charge in [-0.1, -0.05) is 32.0 Å². The summed E-state index contributed by atoms with van der Waals surface area (Å²) in [4.78, 5) is 10.3. The van der Waals surface area contributed by atoms with Gasteiger partial charge in [0, 0.05) is 6.92 Å². The molecule has 0 saturated carbocycles. The Labute approximate surface area is 134 Å². The number of ether oxygens (including phenoxy) is 1. The summed E-state index contributed by atoms with van der Waals surface area (Å²) in [6.07, 6.45) is 7.66. The number of allylic oxidation sites excluding steroid dienone is 1. The molecule has 1 atom stereocenters. The van der Waals surface area contributed by atoms with E-state index in [0.29, 0.717) is 6.42 Å². The Morgan fingerprint density at radius 1 is 1.35 bits per heavy atom. The molecule has 0 aliphatic rings. The minimum absolute atomic E-state index is 0. The molecule has 0 aliphatic heterocycles. The van der Waals surface area contributed by atoms with E-state index in [1.165, 1.54) is 12.5 Å². The molecule has 110 valence electrons. The van der Waals surface area contributed by atoms with E-state index in [0.717, 1.165) is 12.8 Å². The maximum absolute atomic E-state index is 10.3. The van der Waals surface area contributed by atoms with Gasteiger partial charge in [0.1, 0.15) is 0 Å². The topological polar surface area (TPSA) is 26.3 Å². The van der Waals surface area contributed by atoms with Crippen molar-refractivity contribution in [2.45, 2.75) is 46.1 Å². The van der Waals surface area contributed by atoms with Crippen LogP contribution in [0.4, 0.5) is 0 Å². The van der Waals surface area contributed by atoms with E-state index in [1.807, 2.05) is 31.2 Å². The Bertz CT molecular complexity index is 357. The largest absolute Gasteiger partial charge is 2.00 e. The van der Waals surface area contributed by atoms with Gasteiger partial charge in [-0.05, 0) is 6.42 Å². The van der Waals surface area contributed by atoms with Gasteiger partial charge < -0.3 is 11.7 Å². The minimum atomic E-state index is -0.217. The maximum Gasteiger partial charge on any atom is 2.00 e. The van der Waals surface area contributed by atoms with Gasteiger partial charge in [-0.2, -0.15) is 5.56 Å². The molecule has 0 spiro atoms. The molecule has 0 saturated heterocycles. The van der Waals surface area contributed by atoms with Gasteiger partial charge in [-0.25, -0.2) is 6.08 Å². The zero-order valence-electron chi connectivity index (χ0n) is 12.6. The van der Waals surface area contributed by atoms with Crippen molar-refractivity contribution in [2.24, 2.45) is 0 Å². The van der Waals surface area contributed by atoms with Gasteiger partial charge in [0.2, 0.25) is 0 Å². The van der Waals surface area contributed by atoms with Crippen molar-refractivity contribution < 1.29 is 26.9 Å². The zero-order valence-corrected chi connectivity index (χ0v) is 13.9. The van der Waals surface area contributed by atoms with Gasteiger partial charge in [-0.15, -0.1) is 25.0 Å². The molecule has 0 radical (unpaired) electrons. The SMILES string of the molecule is CC[C-]=Cc1ccccc1.[CH2-]CC(CC)OC(C)=O.[Cr+2]. The first kappa shape index (κ1) is 21.3. The van der Waals surface area contributed by atoms with Gasteiger partial charge in [-0.3, -0.25) is 10.9 Å². The molecule has 0 N–H and O–H groups in total. The van der Waals surface area contributed by atoms with Crippen LogP contribution in [0.2, 0.25) is 0 Å². The predicted octanol–water partition coefficient (Wildman–Crippen LogP) is 4.46. The van der Waals surface area contributed by atoms with Crippen molar-refractivity contribution in [3.05, 3.63) is 48.9 Å². The fourth-order valence-electron chi connectivity index (χ4n) is 1.35. The second-order valence-corrected chi connectivity index (χ2v) is 4.04. The zero-order chi connectivity index (χ0) is 14.5. The smallest absolute Gasteiger partial charge is 0.465 e. The van der Waals surface area contributed by atoms with Crippen LogP contribution in [0.15, 0.2) is 30.3 Å². The normalized spacial score (nSPS) is 11.0. The Balaban J connectivity index is 0. The van der Waals surface area contributed by atoms with E-state index < -0.39 is 0 Å². The van der Waals surface area contributed by atoms with Crippen molar-refractivity contribution >= 4 is 12.0 Å². The van der Waals surface area contributed by atoms with Crippen LogP contribution in [0.25, 0.3) is 6.08 Å². The van der Waals surface area contributed by atoms with Crippen LogP contribution in [-0.4, -0.2) is 12.1 Å². The van der Waals surface area contributed by atoms with Crippen LogP contribution in [0.1, 0.15) is 45.6 Å². The van der Waals surface area contributed by atoms with Crippen molar-refractivity contribution in [3.63, 3.8) is 0 Å². The van der Waals surface area contributed by atoms with Crippen LogP contribution in [-0.2, 0) is 26.9 Å². The molecule has 1 rings (SSSR count). The second kappa shape index (κ2) is 14.4. The maximum atomic E-state index is 10.3. The van der Waals surface area contributed by atoms with Crippen LogP contribution in [0.5, 0.6) is 0 Å². The van der Waals surface area contributed by atoms with E-state index >= 15 is 0 Å². The molecule has 0 amide bonds. The molecule has 1 aromatic carbocycles. The van der Waals surface area contributed by atoms with E-state index in [1.54, 1.807) is 0 Å². The fraction of sp³-hybridized carbons (Fsp3) is 0.412. The van der Waals surface area contributed by atoms with Crippen LogP contribution in [0, 0.1) is 13.0 Å². The average molecular weight is 312 g/mol. The fourth-order valence-corrected chi connectivity index (χ4v) is 1.35. The monoisotopic (exact) mass is 312 g/mol. The summed E-state index contributed by atoms with van der Waals surface area (Å²) >= 11 is 0. The summed E-state index contributed by atoms with van der Waals surface area (Å²) in [5.41, 5.74) is 1.23. The third kappa shape index (κ3) is 12.0. The van der Waals surface area contributed by atoms with E-state index in [9.17, 15) is 4.79 Å². The van der Waals surface area contributed by atoms with Gasteiger partial charge in [0.05, 0.1) is 6.10 Å². The van der Waals surface area contributed by atoms with Crippen molar-refractivity contribution in [1.82, 2.24) is 0 Å². The molecule has 0 aliphatic carbocycles. The summed E-state index contributed by atoms with van der Waals surface area (Å²) in [5.74, 6) is -0.217. The molecule has 2 nitrogen and oxygen atoms in total. The number of carbonyl (C=O) groups is 1. The van der Waals surface area contributed by atoms with E-state index in [-0.39, 0.29) is 29.4 Å². The minimum Gasteiger partial charge on any atom is -0.465 e. The number of hydrogen-bond acceptors (Lipinski definition) is 2.